The number of hydrogen-bond acceptors (Lipinski definition) is 1. The van der Waals surface area contributed by atoms with Gasteiger partial charge >= 0.3 is 0 Å². The average Bonchev–Trinajstić information content (AvgIpc) is 3.09. The van der Waals surface area contributed by atoms with Gasteiger partial charge in [0, 0.05) is 38.5 Å². The summed E-state index contributed by atoms with van der Waals surface area (Å²) in [6.07, 6.45) is 0. The molecule has 1 heterocycles. The second kappa shape index (κ2) is 8.26. The lowest BCUT2D eigenvalue weighted by molar-refractivity contribution is 0.100. The van der Waals surface area contributed by atoms with E-state index in [1.165, 1.54) is 16.7 Å². The van der Waals surface area contributed by atoms with E-state index >= 15 is 0 Å². The van der Waals surface area contributed by atoms with Crippen LogP contribution in [0.15, 0.2) is 72.8 Å². The molecule has 0 bridgehead atoms. The molecule has 0 atom stereocenters. The summed E-state index contributed by atoms with van der Waals surface area (Å²) in [5.41, 5.74) is 13.6. The van der Waals surface area contributed by atoms with Gasteiger partial charge < -0.3 is 10.3 Å². The van der Waals surface area contributed by atoms with Crippen LogP contribution in [0.25, 0.3) is 32.9 Å². The second-order valence-corrected chi connectivity index (χ2v) is 9.16. The first-order valence-corrected chi connectivity index (χ1v) is 11.5. The molecule has 4 aromatic carbocycles. The molecule has 1 aromatic heterocycles. The van der Waals surface area contributed by atoms with Gasteiger partial charge in [-0.05, 0) is 66.4 Å². The van der Waals surface area contributed by atoms with E-state index in [-0.39, 0.29) is 0 Å². The minimum atomic E-state index is -0.440. The molecular formula is C28H22Cl2N2O. The Morgan fingerprint density at radius 2 is 1.48 bits per heavy atom. The third-order valence-electron chi connectivity index (χ3n) is 6.37. The van der Waals surface area contributed by atoms with Crippen molar-refractivity contribution in [3.8, 4) is 11.1 Å². The van der Waals surface area contributed by atoms with E-state index in [9.17, 15) is 4.79 Å². The Bertz CT molecular complexity index is 1530. The highest BCUT2D eigenvalue weighted by Crippen LogP contribution is 2.39. The highest BCUT2D eigenvalue weighted by molar-refractivity contribution is 6.39. The van der Waals surface area contributed by atoms with Crippen molar-refractivity contribution >= 4 is 50.9 Å². The summed E-state index contributed by atoms with van der Waals surface area (Å²) in [6.45, 7) is 4.92. The first-order valence-electron chi connectivity index (χ1n) is 10.7. The maximum Gasteiger partial charge on any atom is 0.249 e. The fourth-order valence-electron chi connectivity index (χ4n) is 4.71. The van der Waals surface area contributed by atoms with Crippen molar-refractivity contribution in [3.63, 3.8) is 0 Å². The van der Waals surface area contributed by atoms with Gasteiger partial charge in [-0.1, -0.05) is 65.7 Å². The van der Waals surface area contributed by atoms with E-state index in [4.69, 9.17) is 28.9 Å². The fraction of sp³-hybridized carbons (Fsp3) is 0.107. The molecule has 164 valence electrons. The Morgan fingerprint density at radius 3 is 2.15 bits per heavy atom. The molecule has 0 aliphatic carbocycles. The summed E-state index contributed by atoms with van der Waals surface area (Å²) in [5, 5.41) is 3.02. The van der Waals surface area contributed by atoms with Gasteiger partial charge in [-0.25, -0.2) is 0 Å². The van der Waals surface area contributed by atoms with Crippen molar-refractivity contribution < 1.29 is 4.79 Å². The predicted molar refractivity (Wildman–Crippen MR) is 138 cm³/mol. The lowest BCUT2D eigenvalue weighted by Crippen LogP contribution is -2.11. The van der Waals surface area contributed by atoms with Crippen LogP contribution in [0.5, 0.6) is 0 Å². The summed E-state index contributed by atoms with van der Waals surface area (Å²) >= 11 is 13.0. The molecule has 5 aromatic rings. The highest BCUT2D eigenvalue weighted by atomic mass is 35.5. The van der Waals surface area contributed by atoms with Crippen LogP contribution in [0.4, 0.5) is 0 Å². The average molecular weight is 473 g/mol. The summed E-state index contributed by atoms with van der Waals surface area (Å²) in [5.74, 6) is -0.440. The number of aryl methyl sites for hydroxylation is 2. The van der Waals surface area contributed by atoms with E-state index in [0.29, 0.717) is 22.2 Å². The molecular weight excluding hydrogens is 451 g/mol. The number of amides is 1. The van der Waals surface area contributed by atoms with Crippen LogP contribution in [0.2, 0.25) is 10.0 Å². The number of halogens is 2. The van der Waals surface area contributed by atoms with Crippen molar-refractivity contribution in [2.24, 2.45) is 5.73 Å². The van der Waals surface area contributed by atoms with Gasteiger partial charge in [0.2, 0.25) is 5.91 Å². The number of rotatable bonds is 4. The predicted octanol–water partition coefficient (Wildman–Crippen LogP) is 7.53. The Balaban J connectivity index is 1.86. The quantitative estimate of drug-likeness (QED) is 0.288. The number of aromatic nitrogens is 1. The van der Waals surface area contributed by atoms with E-state index < -0.39 is 5.91 Å². The van der Waals surface area contributed by atoms with Gasteiger partial charge in [0.25, 0.3) is 0 Å². The molecule has 3 nitrogen and oxygen atoms in total. The minimum Gasteiger partial charge on any atom is -0.366 e. The van der Waals surface area contributed by atoms with Crippen molar-refractivity contribution in [2.75, 3.05) is 0 Å². The Hall–Kier alpha value is -3.27. The van der Waals surface area contributed by atoms with E-state index in [1.54, 1.807) is 6.07 Å². The van der Waals surface area contributed by atoms with Gasteiger partial charge in [-0.2, -0.15) is 0 Å². The summed E-state index contributed by atoms with van der Waals surface area (Å²) in [4.78, 5) is 12.3. The number of nitrogens with two attached hydrogens (primary N) is 1. The van der Waals surface area contributed by atoms with Gasteiger partial charge in [0.15, 0.2) is 0 Å². The van der Waals surface area contributed by atoms with Crippen LogP contribution < -0.4 is 5.73 Å². The van der Waals surface area contributed by atoms with E-state index in [1.807, 2.05) is 42.5 Å². The maximum absolute atomic E-state index is 12.3. The summed E-state index contributed by atoms with van der Waals surface area (Å²) in [7, 11) is 0. The van der Waals surface area contributed by atoms with Crippen LogP contribution in [0.1, 0.15) is 27.0 Å². The monoisotopic (exact) mass is 472 g/mol. The Labute approximate surface area is 202 Å². The molecule has 5 heteroatoms. The lowest BCUT2D eigenvalue weighted by Gasteiger charge is -2.14. The third-order valence-corrected chi connectivity index (χ3v) is 7.00. The standard InChI is InChI=1S/C28H22Cl2N2O/c1-16-6-3-7-17(2)21(16)15-32-24-11-4-8-20(28(31)33)27(24)19-13-12-18(14-25(19)32)26-22(29)9-5-10-23(26)30/h3-14H,15H2,1-2H3,(H2,31,33). The first-order chi connectivity index (χ1) is 15.9. The number of hydrogen-bond donors (Lipinski definition) is 1. The number of nitrogens with zero attached hydrogens (tertiary/aromatic N) is 1. The fourth-order valence-corrected chi connectivity index (χ4v) is 5.32. The number of carbonyl (C=O) groups is 1. The molecule has 0 aliphatic heterocycles. The molecule has 0 unspecified atom stereocenters. The number of primary amides is 1. The van der Waals surface area contributed by atoms with Crippen LogP contribution in [0, 0.1) is 13.8 Å². The zero-order valence-corrected chi connectivity index (χ0v) is 19.8. The van der Waals surface area contributed by atoms with Gasteiger partial charge in [0.1, 0.15) is 0 Å². The Kier molecular flexibility index (Phi) is 5.40. The van der Waals surface area contributed by atoms with Crippen LogP contribution >= 0.6 is 23.2 Å². The van der Waals surface area contributed by atoms with Crippen molar-refractivity contribution in [1.29, 1.82) is 0 Å². The smallest absolute Gasteiger partial charge is 0.249 e. The summed E-state index contributed by atoms with van der Waals surface area (Å²) in [6, 6.07) is 23.7. The number of carbonyl (C=O) groups excluding carboxylic acids is 1. The molecule has 0 aliphatic rings. The molecule has 0 radical (unpaired) electrons. The zero-order chi connectivity index (χ0) is 23.3. The van der Waals surface area contributed by atoms with Gasteiger partial charge in [-0.15, -0.1) is 0 Å². The van der Waals surface area contributed by atoms with Gasteiger partial charge in [-0.3, -0.25) is 4.79 Å². The minimum absolute atomic E-state index is 0.440. The zero-order valence-electron chi connectivity index (χ0n) is 18.3. The largest absolute Gasteiger partial charge is 0.366 e. The highest BCUT2D eigenvalue weighted by Gasteiger charge is 2.19. The van der Waals surface area contributed by atoms with Crippen molar-refractivity contribution in [2.45, 2.75) is 20.4 Å². The molecule has 0 saturated heterocycles. The van der Waals surface area contributed by atoms with Crippen LogP contribution in [0.3, 0.4) is 0 Å². The van der Waals surface area contributed by atoms with E-state index in [2.05, 4.69) is 42.7 Å². The number of fused-ring (bicyclic) bond motifs is 3. The van der Waals surface area contributed by atoms with E-state index in [0.717, 1.165) is 32.9 Å². The second-order valence-electron chi connectivity index (χ2n) is 8.35. The Morgan fingerprint density at radius 1 is 0.848 bits per heavy atom. The topological polar surface area (TPSA) is 48.0 Å². The van der Waals surface area contributed by atoms with Crippen LogP contribution in [-0.2, 0) is 6.54 Å². The molecule has 33 heavy (non-hydrogen) atoms. The SMILES string of the molecule is Cc1cccc(C)c1Cn1c2cc(-c3c(Cl)cccc3Cl)ccc2c2c(C(N)=O)cccc21. The van der Waals surface area contributed by atoms with Crippen molar-refractivity contribution in [3.05, 3.63) is 105 Å². The lowest BCUT2D eigenvalue weighted by atomic mass is 10.0. The van der Waals surface area contributed by atoms with Crippen LogP contribution in [-0.4, -0.2) is 10.5 Å². The molecule has 0 spiro atoms. The molecule has 1 amide bonds. The normalized spacial score (nSPS) is 11.4. The molecule has 0 fully saturated rings. The molecule has 5 rings (SSSR count). The molecule has 0 saturated carbocycles. The number of benzene rings is 4. The van der Waals surface area contributed by atoms with Gasteiger partial charge in [0.05, 0.1) is 11.0 Å². The first kappa shape index (κ1) is 21.6. The molecule has 2 N–H and O–H groups in total. The maximum atomic E-state index is 12.3. The third kappa shape index (κ3) is 3.58. The van der Waals surface area contributed by atoms with Crippen molar-refractivity contribution in [1.82, 2.24) is 4.57 Å². The summed E-state index contributed by atoms with van der Waals surface area (Å²) < 4.78 is 2.25.